The minimum Gasteiger partial charge on any atom is -0.272 e. The highest BCUT2D eigenvalue weighted by molar-refractivity contribution is 6.17. The first kappa shape index (κ1) is 14.0. The minimum absolute atomic E-state index is 0.0479. The zero-order valence-electron chi connectivity index (χ0n) is 10.1. The van der Waals surface area contributed by atoms with Crippen LogP contribution in [-0.4, -0.2) is 22.7 Å². The lowest BCUT2D eigenvalue weighted by Crippen LogP contribution is -2.31. The SMILES string of the molecule is CC1C(=O)N(c2ccc([N+](=O)[O-])cc2)N=C1C(F)(F)F. The number of halogens is 3. The van der Waals surface area contributed by atoms with Gasteiger partial charge >= 0.3 is 6.18 Å². The van der Waals surface area contributed by atoms with Gasteiger partial charge < -0.3 is 0 Å². The number of amides is 1. The summed E-state index contributed by atoms with van der Waals surface area (Å²) in [5, 5.41) is 14.4. The van der Waals surface area contributed by atoms with E-state index in [9.17, 15) is 28.1 Å². The van der Waals surface area contributed by atoms with Gasteiger partial charge in [0.2, 0.25) is 0 Å². The number of carbonyl (C=O) groups excluding carboxylic acids is 1. The molecule has 0 spiro atoms. The molecule has 9 heteroatoms. The van der Waals surface area contributed by atoms with Crippen molar-refractivity contribution in [3.05, 3.63) is 34.4 Å². The molecule has 1 amide bonds. The molecule has 20 heavy (non-hydrogen) atoms. The lowest BCUT2D eigenvalue weighted by molar-refractivity contribution is -0.384. The summed E-state index contributed by atoms with van der Waals surface area (Å²) in [6.07, 6.45) is -4.69. The molecule has 0 N–H and O–H groups in total. The molecule has 1 heterocycles. The molecule has 1 aliphatic heterocycles. The third-order valence-corrected chi connectivity index (χ3v) is 2.79. The number of hydrazone groups is 1. The summed E-state index contributed by atoms with van der Waals surface area (Å²) in [7, 11) is 0. The standard InChI is InChI=1S/C11H8F3N3O3/c1-6-9(11(12,13)14)15-16(10(6)18)7-2-4-8(5-3-7)17(19)20/h2-6H,1H3. The van der Waals surface area contributed by atoms with E-state index < -0.39 is 28.6 Å². The molecule has 0 radical (unpaired) electrons. The van der Waals surface area contributed by atoms with Crippen LogP contribution in [0.4, 0.5) is 24.5 Å². The van der Waals surface area contributed by atoms with Crippen molar-refractivity contribution >= 4 is 23.0 Å². The fourth-order valence-electron chi connectivity index (χ4n) is 1.75. The summed E-state index contributed by atoms with van der Waals surface area (Å²) in [5.41, 5.74) is -1.36. The molecule has 2 rings (SSSR count). The van der Waals surface area contributed by atoms with E-state index in [4.69, 9.17) is 0 Å². The lowest BCUT2D eigenvalue weighted by Gasteiger charge is -2.12. The van der Waals surface area contributed by atoms with Crippen LogP contribution in [0.3, 0.4) is 0 Å². The Hall–Kier alpha value is -2.45. The van der Waals surface area contributed by atoms with Gasteiger partial charge in [-0.2, -0.15) is 23.3 Å². The van der Waals surface area contributed by atoms with Crippen molar-refractivity contribution in [1.29, 1.82) is 0 Å². The molecule has 0 fully saturated rings. The summed E-state index contributed by atoms with van der Waals surface area (Å²) in [4.78, 5) is 21.6. The van der Waals surface area contributed by atoms with Gasteiger partial charge in [-0.05, 0) is 19.1 Å². The smallest absolute Gasteiger partial charge is 0.272 e. The summed E-state index contributed by atoms with van der Waals surface area (Å²) in [6.45, 7) is 1.11. The Morgan fingerprint density at radius 2 is 1.85 bits per heavy atom. The molecule has 1 atom stereocenters. The molecular formula is C11H8F3N3O3. The van der Waals surface area contributed by atoms with Crippen molar-refractivity contribution in [3.63, 3.8) is 0 Å². The van der Waals surface area contributed by atoms with Crippen LogP contribution in [0.15, 0.2) is 29.4 Å². The fourth-order valence-corrected chi connectivity index (χ4v) is 1.75. The summed E-state index contributed by atoms with van der Waals surface area (Å²) >= 11 is 0. The average molecular weight is 287 g/mol. The van der Waals surface area contributed by atoms with Crippen LogP contribution >= 0.6 is 0 Å². The van der Waals surface area contributed by atoms with Crippen molar-refractivity contribution in [2.45, 2.75) is 13.1 Å². The van der Waals surface area contributed by atoms with Crippen molar-refractivity contribution < 1.29 is 22.9 Å². The number of rotatable bonds is 2. The molecule has 106 valence electrons. The van der Waals surface area contributed by atoms with Gasteiger partial charge in [0.25, 0.3) is 11.6 Å². The molecule has 6 nitrogen and oxygen atoms in total. The quantitative estimate of drug-likeness (QED) is 0.619. The Bertz CT molecular complexity index is 595. The van der Waals surface area contributed by atoms with Gasteiger partial charge in [0, 0.05) is 12.1 Å². The van der Waals surface area contributed by atoms with Gasteiger partial charge in [-0.25, -0.2) is 0 Å². The Morgan fingerprint density at radius 3 is 2.25 bits per heavy atom. The summed E-state index contributed by atoms with van der Waals surface area (Å²) in [5.74, 6) is -2.23. The molecule has 1 unspecified atom stereocenters. The predicted octanol–water partition coefficient (Wildman–Crippen LogP) is 2.50. The van der Waals surface area contributed by atoms with Gasteiger partial charge in [-0.15, -0.1) is 0 Å². The number of nitro benzene ring substituents is 1. The number of alkyl halides is 3. The maximum atomic E-state index is 12.6. The number of hydrogen-bond donors (Lipinski definition) is 0. The number of non-ortho nitro benzene ring substituents is 1. The first-order valence-electron chi connectivity index (χ1n) is 5.46. The molecule has 1 aliphatic rings. The molecule has 0 bridgehead atoms. The highest BCUT2D eigenvalue weighted by Gasteiger charge is 2.48. The topological polar surface area (TPSA) is 75.8 Å². The van der Waals surface area contributed by atoms with Crippen LogP contribution in [0.5, 0.6) is 0 Å². The second-order valence-corrected chi connectivity index (χ2v) is 4.13. The zero-order chi connectivity index (χ0) is 15.1. The first-order chi connectivity index (χ1) is 9.21. The Labute approximate surface area is 110 Å². The molecule has 1 aromatic carbocycles. The average Bonchev–Trinajstić information content (AvgIpc) is 2.66. The van der Waals surface area contributed by atoms with E-state index in [2.05, 4.69) is 5.10 Å². The van der Waals surface area contributed by atoms with Gasteiger partial charge in [0.1, 0.15) is 0 Å². The second-order valence-electron chi connectivity index (χ2n) is 4.13. The highest BCUT2D eigenvalue weighted by Crippen LogP contribution is 2.32. The van der Waals surface area contributed by atoms with Crippen LogP contribution in [0.2, 0.25) is 0 Å². The third-order valence-electron chi connectivity index (χ3n) is 2.79. The first-order valence-corrected chi connectivity index (χ1v) is 5.46. The van der Waals surface area contributed by atoms with E-state index in [1.807, 2.05) is 0 Å². The van der Waals surface area contributed by atoms with E-state index in [1.54, 1.807) is 0 Å². The van der Waals surface area contributed by atoms with Gasteiger partial charge in [0.15, 0.2) is 5.71 Å². The van der Waals surface area contributed by atoms with Gasteiger partial charge in [-0.1, -0.05) is 0 Å². The predicted molar refractivity (Wildman–Crippen MR) is 63.2 cm³/mol. The highest BCUT2D eigenvalue weighted by atomic mass is 19.4. The lowest BCUT2D eigenvalue weighted by atomic mass is 10.1. The van der Waals surface area contributed by atoms with Crippen molar-refractivity contribution in [1.82, 2.24) is 0 Å². The molecule has 0 saturated heterocycles. The summed E-state index contributed by atoms with van der Waals surface area (Å²) < 4.78 is 37.9. The fraction of sp³-hybridized carbons (Fsp3) is 0.273. The largest absolute Gasteiger partial charge is 0.432 e. The van der Waals surface area contributed by atoms with Gasteiger partial charge in [-0.3, -0.25) is 14.9 Å². The van der Waals surface area contributed by atoms with Crippen LogP contribution in [0.25, 0.3) is 0 Å². The third kappa shape index (κ3) is 2.33. The number of carbonyl (C=O) groups is 1. The van der Waals surface area contributed by atoms with E-state index in [1.165, 1.54) is 12.1 Å². The van der Waals surface area contributed by atoms with Gasteiger partial charge in [0.05, 0.1) is 16.5 Å². The normalized spacial score (nSPS) is 19.2. The van der Waals surface area contributed by atoms with E-state index >= 15 is 0 Å². The second kappa shape index (κ2) is 4.58. The van der Waals surface area contributed by atoms with Crippen LogP contribution in [0, 0.1) is 16.0 Å². The number of anilines is 1. The Balaban J connectivity index is 2.36. The number of nitrogens with zero attached hydrogens (tertiary/aromatic N) is 3. The van der Waals surface area contributed by atoms with Crippen molar-refractivity contribution in [2.24, 2.45) is 11.0 Å². The molecule has 0 aliphatic carbocycles. The van der Waals surface area contributed by atoms with Crippen LogP contribution < -0.4 is 5.01 Å². The Morgan fingerprint density at radius 1 is 1.30 bits per heavy atom. The molecule has 0 aromatic heterocycles. The van der Waals surface area contributed by atoms with E-state index in [0.717, 1.165) is 19.1 Å². The zero-order valence-corrected chi connectivity index (χ0v) is 10.1. The van der Waals surface area contributed by atoms with E-state index in [-0.39, 0.29) is 11.4 Å². The van der Waals surface area contributed by atoms with Crippen LogP contribution in [-0.2, 0) is 4.79 Å². The maximum Gasteiger partial charge on any atom is 0.432 e. The Kier molecular flexibility index (Phi) is 3.20. The molecular weight excluding hydrogens is 279 g/mol. The summed E-state index contributed by atoms with van der Waals surface area (Å²) in [6, 6.07) is 4.53. The monoisotopic (exact) mass is 287 g/mol. The van der Waals surface area contributed by atoms with Crippen LogP contribution in [0.1, 0.15) is 6.92 Å². The molecule has 1 aromatic rings. The molecule has 0 saturated carbocycles. The van der Waals surface area contributed by atoms with E-state index in [0.29, 0.717) is 5.01 Å². The minimum atomic E-state index is -4.69. The van der Waals surface area contributed by atoms with Crippen molar-refractivity contribution in [3.8, 4) is 0 Å². The van der Waals surface area contributed by atoms with Crippen molar-refractivity contribution in [2.75, 3.05) is 5.01 Å². The number of nitro groups is 1. The number of benzene rings is 1. The maximum absolute atomic E-state index is 12.6. The number of hydrogen-bond acceptors (Lipinski definition) is 4.